The van der Waals surface area contributed by atoms with Crippen molar-refractivity contribution >= 4 is 17.8 Å². The third-order valence-corrected chi connectivity index (χ3v) is 8.47. The minimum absolute atomic E-state index is 0.103. The van der Waals surface area contributed by atoms with Crippen LogP contribution in [0.15, 0.2) is 36.8 Å². The summed E-state index contributed by atoms with van der Waals surface area (Å²) < 4.78 is 5.26. The van der Waals surface area contributed by atoms with Crippen LogP contribution in [0.25, 0.3) is 0 Å². The van der Waals surface area contributed by atoms with E-state index in [1.54, 1.807) is 26.7 Å². The zero-order chi connectivity index (χ0) is 27.7. The number of amides is 4. The van der Waals surface area contributed by atoms with E-state index in [-0.39, 0.29) is 17.8 Å². The third-order valence-electron chi connectivity index (χ3n) is 8.47. The van der Waals surface area contributed by atoms with Gasteiger partial charge in [-0.2, -0.15) is 0 Å². The number of H-pyrrole nitrogens is 1. The number of piperidine rings is 1. The van der Waals surface area contributed by atoms with E-state index in [0.29, 0.717) is 51.2 Å². The van der Waals surface area contributed by atoms with Gasteiger partial charge in [0.1, 0.15) is 11.8 Å². The zero-order valence-electron chi connectivity index (χ0n) is 23.1. The van der Waals surface area contributed by atoms with Crippen LogP contribution >= 0.6 is 0 Å². The van der Waals surface area contributed by atoms with Gasteiger partial charge < -0.3 is 30.6 Å². The van der Waals surface area contributed by atoms with Crippen LogP contribution in [0, 0.1) is 11.3 Å². The summed E-state index contributed by atoms with van der Waals surface area (Å²) in [6.45, 7) is 1.42. The molecule has 0 radical (unpaired) electrons. The van der Waals surface area contributed by atoms with Crippen molar-refractivity contribution in [2.45, 2.75) is 63.8 Å². The first-order chi connectivity index (χ1) is 18.9. The fraction of sp³-hybridized carbons (Fsp3) is 0.586. The first-order valence-corrected chi connectivity index (χ1v) is 14.1. The lowest BCUT2D eigenvalue weighted by molar-refractivity contribution is -0.145. The van der Waals surface area contributed by atoms with Crippen molar-refractivity contribution in [2.75, 3.05) is 33.8 Å². The minimum atomic E-state index is -0.729. The smallest absolute Gasteiger partial charge is 0.315 e. The van der Waals surface area contributed by atoms with Crippen LogP contribution in [-0.2, 0) is 22.4 Å². The summed E-state index contributed by atoms with van der Waals surface area (Å²) in [4.78, 5) is 48.6. The Labute approximate surface area is 230 Å². The van der Waals surface area contributed by atoms with E-state index in [1.165, 1.54) is 6.42 Å². The molecule has 0 spiro atoms. The van der Waals surface area contributed by atoms with Crippen LogP contribution in [0.1, 0.15) is 56.2 Å². The number of nitrogens with zero attached hydrogens (tertiary/aromatic N) is 2. The maximum absolute atomic E-state index is 13.8. The molecule has 1 aromatic heterocycles. The number of hydrogen-bond donors (Lipinski definition) is 4. The monoisotopic (exact) mass is 538 g/mol. The van der Waals surface area contributed by atoms with Crippen molar-refractivity contribution in [1.82, 2.24) is 30.8 Å². The quantitative estimate of drug-likeness (QED) is 0.370. The molecule has 1 unspecified atom stereocenters. The SMILES string of the molecule is CNC(=O)C1(C2CCCCC2)CCN(C(=O)C(Cc2ccc(OC)cc2)NC(=O)NCCc2cnc[nH]2)CC1. The molecule has 1 atom stereocenters. The van der Waals surface area contributed by atoms with Gasteiger partial charge >= 0.3 is 6.03 Å². The summed E-state index contributed by atoms with van der Waals surface area (Å²) >= 11 is 0. The predicted molar refractivity (Wildman–Crippen MR) is 148 cm³/mol. The van der Waals surface area contributed by atoms with Crippen molar-refractivity contribution in [2.24, 2.45) is 11.3 Å². The highest BCUT2D eigenvalue weighted by atomic mass is 16.5. The van der Waals surface area contributed by atoms with Crippen LogP contribution in [0.3, 0.4) is 0 Å². The maximum atomic E-state index is 13.8. The maximum Gasteiger partial charge on any atom is 0.315 e. The number of aromatic nitrogens is 2. The number of benzene rings is 1. The normalized spacial score (nSPS) is 18.2. The number of nitrogens with one attached hydrogen (secondary N) is 4. The van der Waals surface area contributed by atoms with Gasteiger partial charge in [-0.15, -0.1) is 0 Å². The highest BCUT2D eigenvalue weighted by Gasteiger charge is 2.48. The number of carbonyl (C=O) groups excluding carboxylic acids is 3. The van der Waals surface area contributed by atoms with Gasteiger partial charge in [-0.3, -0.25) is 9.59 Å². The highest BCUT2D eigenvalue weighted by molar-refractivity contribution is 5.88. The Bertz CT molecular complexity index is 1070. The Balaban J connectivity index is 1.42. The second kappa shape index (κ2) is 13.5. The molecule has 2 fully saturated rings. The molecule has 10 nitrogen and oxygen atoms in total. The van der Waals surface area contributed by atoms with Gasteiger partial charge in [0.2, 0.25) is 11.8 Å². The summed E-state index contributed by atoms with van der Waals surface area (Å²) in [5.74, 6) is 1.07. The molecule has 1 saturated heterocycles. The summed E-state index contributed by atoms with van der Waals surface area (Å²) in [5.41, 5.74) is 1.42. The summed E-state index contributed by atoms with van der Waals surface area (Å²) in [6, 6.07) is 6.40. The second-order valence-electron chi connectivity index (χ2n) is 10.7. The molecule has 10 heteroatoms. The Morgan fingerprint density at radius 1 is 1.13 bits per heavy atom. The molecular weight excluding hydrogens is 496 g/mol. The fourth-order valence-corrected chi connectivity index (χ4v) is 6.21. The number of carbonyl (C=O) groups is 3. The summed E-state index contributed by atoms with van der Waals surface area (Å²) in [7, 11) is 3.32. The molecule has 4 amide bonds. The van der Waals surface area contributed by atoms with Gasteiger partial charge in [-0.1, -0.05) is 31.4 Å². The van der Waals surface area contributed by atoms with Crippen molar-refractivity contribution in [3.8, 4) is 5.75 Å². The van der Waals surface area contributed by atoms with Gasteiger partial charge in [0.25, 0.3) is 0 Å². The molecule has 1 aliphatic carbocycles. The molecule has 0 bridgehead atoms. The molecule has 1 aliphatic heterocycles. The Morgan fingerprint density at radius 2 is 1.85 bits per heavy atom. The number of ether oxygens (including phenoxy) is 1. The van der Waals surface area contributed by atoms with Crippen molar-refractivity contribution in [1.29, 1.82) is 0 Å². The molecule has 2 heterocycles. The van der Waals surface area contributed by atoms with Crippen LogP contribution in [0.2, 0.25) is 0 Å². The van der Waals surface area contributed by atoms with Gasteiger partial charge in [0.05, 0.1) is 18.9 Å². The van der Waals surface area contributed by atoms with Crippen LogP contribution in [-0.4, -0.2) is 72.5 Å². The average molecular weight is 539 g/mol. The van der Waals surface area contributed by atoms with Gasteiger partial charge in [0, 0.05) is 51.4 Å². The molecule has 1 aromatic carbocycles. The second-order valence-corrected chi connectivity index (χ2v) is 10.7. The minimum Gasteiger partial charge on any atom is -0.497 e. The van der Waals surface area contributed by atoms with Crippen LogP contribution < -0.4 is 20.7 Å². The Morgan fingerprint density at radius 3 is 2.46 bits per heavy atom. The molecule has 4 rings (SSSR count). The number of urea groups is 1. The molecular formula is C29H42N6O4. The average Bonchev–Trinajstić information content (AvgIpc) is 3.50. The summed E-state index contributed by atoms with van der Waals surface area (Å²) in [5, 5.41) is 8.68. The lowest BCUT2D eigenvalue weighted by Gasteiger charge is -2.47. The van der Waals surface area contributed by atoms with Gasteiger partial charge in [-0.05, 0) is 49.3 Å². The number of aromatic amines is 1. The fourth-order valence-electron chi connectivity index (χ4n) is 6.21. The van der Waals surface area contributed by atoms with Gasteiger partial charge in [0.15, 0.2) is 0 Å². The number of likely N-dealkylation sites (tertiary alicyclic amines) is 1. The molecule has 212 valence electrons. The lowest BCUT2D eigenvalue weighted by Crippen LogP contribution is -2.57. The van der Waals surface area contributed by atoms with Crippen LogP contribution in [0.5, 0.6) is 5.75 Å². The predicted octanol–water partition coefficient (Wildman–Crippen LogP) is 2.81. The molecule has 2 aromatic rings. The topological polar surface area (TPSA) is 128 Å². The highest BCUT2D eigenvalue weighted by Crippen LogP contribution is 2.46. The number of imidazole rings is 1. The van der Waals surface area contributed by atoms with Gasteiger partial charge in [-0.25, -0.2) is 9.78 Å². The standard InChI is InChI=1S/C29H42N6O4/c1-30-27(37)29(22-6-4-3-5-7-22)13-16-35(17-14-29)26(36)25(18-21-8-10-24(39-2)11-9-21)34-28(38)32-15-12-23-19-31-20-33-23/h8-11,19-20,22,25H,3-7,12-18H2,1-2H3,(H,30,37)(H,31,33)(H2,32,34,38). The zero-order valence-corrected chi connectivity index (χ0v) is 23.1. The van der Waals surface area contributed by atoms with E-state index in [9.17, 15) is 14.4 Å². The Kier molecular flexibility index (Phi) is 9.84. The van der Waals surface area contributed by atoms with E-state index in [1.807, 2.05) is 29.2 Å². The molecule has 2 aliphatic rings. The van der Waals surface area contributed by atoms with E-state index >= 15 is 0 Å². The van der Waals surface area contributed by atoms with E-state index < -0.39 is 11.5 Å². The molecule has 39 heavy (non-hydrogen) atoms. The lowest BCUT2D eigenvalue weighted by atomic mass is 9.63. The number of rotatable bonds is 10. The van der Waals surface area contributed by atoms with Crippen LogP contribution in [0.4, 0.5) is 4.79 Å². The van der Waals surface area contributed by atoms with E-state index in [0.717, 1.165) is 42.7 Å². The Hall–Kier alpha value is -3.56. The van der Waals surface area contributed by atoms with Crippen molar-refractivity contribution in [3.05, 3.63) is 48.0 Å². The number of methoxy groups -OCH3 is 1. The van der Waals surface area contributed by atoms with Crippen molar-refractivity contribution < 1.29 is 19.1 Å². The molecule has 4 N–H and O–H groups in total. The van der Waals surface area contributed by atoms with E-state index in [2.05, 4.69) is 25.9 Å². The summed E-state index contributed by atoms with van der Waals surface area (Å²) in [6.07, 6.45) is 11.3. The first kappa shape index (κ1) is 28.4. The largest absolute Gasteiger partial charge is 0.497 e. The molecule has 1 saturated carbocycles. The first-order valence-electron chi connectivity index (χ1n) is 14.1. The third kappa shape index (κ3) is 7.10. The van der Waals surface area contributed by atoms with Crippen molar-refractivity contribution in [3.63, 3.8) is 0 Å². The van der Waals surface area contributed by atoms with E-state index in [4.69, 9.17) is 4.74 Å². The number of hydrogen-bond acceptors (Lipinski definition) is 5.